The van der Waals surface area contributed by atoms with Gasteiger partial charge < -0.3 is 10.2 Å². The van der Waals surface area contributed by atoms with Gasteiger partial charge in [0.25, 0.3) is 0 Å². The van der Waals surface area contributed by atoms with E-state index in [4.69, 9.17) is 0 Å². The van der Waals surface area contributed by atoms with Crippen LogP contribution in [-0.4, -0.2) is 31.1 Å². The first-order chi connectivity index (χ1) is 8.25. The van der Waals surface area contributed by atoms with Crippen LogP contribution in [0.3, 0.4) is 0 Å². The molecule has 1 aliphatic heterocycles. The molecule has 0 saturated carbocycles. The number of hydrogen-bond acceptors (Lipinski definition) is 3. The first-order valence-electron chi connectivity index (χ1n) is 6.72. The van der Waals surface area contributed by atoms with Crippen LogP contribution in [0.4, 0.5) is 0 Å². The first-order valence-corrected chi connectivity index (χ1v) is 7.59. The van der Waals surface area contributed by atoms with Gasteiger partial charge in [-0.25, -0.2) is 0 Å². The minimum Gasteiger partial charge on any atom is -0.311 e. The molecule has 17 heavy (non-hydrogen) atoms. The lowest BCUT2D eigenvalue weighted by molar-refractivity contribution is 0.184. The first kappa shape index (κ1) is 13.1. The van der Waals surface area contributed by atoms with E-state index in [0.29, 0.717) is 0 Å². The van der Waals surface area contributed by atoms with Gasteiger partial charge in [0.15, 0.2) is 0 Å². The molecule has 0 spiro atoms. The van der Waals surface area contributed by atoms with Crippen LogP contribution >= 0.6 is 11.3 Å². The molecule has 1 unspecified atom stereocenters. The fourth-order valence-electron chi connectivity index (χ4n) is 2.51. The molecule has 3 heteroatoms. The summed E-state index contributed by atoms with van der Waals surface area (Å²) in [6, 6.07) is 2.20. The van der Waals surface area contributed by atoms with Gasteiger partial charge in [0.1, 0.15) is 0 Å². The summed E-state index contributed by atoms with van der Waals surface area (Å²) in [6.07, 6.45) is 2.80. The van der Waals surface area contributed by atoms with Crippen LogP contribution < -0.4 is 5.32 Å². The maximum Gasteiger partial charge on any atom is 0.0302 e. The molecule has 2 rings (SSSR count). The highest BCUT2D eigenvalue weighted by atomic mass is 32.1. The van der Waals surface area contributed by atoms with Crippen molar-refractivity contribution in [1.82, 2.24) is 10.2 Å². The van der Waals surface area contributed by atoms with Gasteiger partial charge in [0.05, 0.1) is 0 Å². The van der Waals surface area contributed by atoms with Crippen LogP contribution in [0.15, 0.2) is 11.4 Å². The van der Waals surface area contributed by atoms with Crippen molar-refractivity contribution in [2.45, 2.75) is 33.2 Å². The SMILES string of the molecule is Cc1ccsc1CNCCN1CCCC(C)C1. The standard InChI is InChI=1S/C14H24N2S/c1-12-4-3-7-16(11-12)8-6-15-10-14-13(2)5-9-17-14/h5,9,12,15H,3-4,6-8,10-11H2,1-2H3. The fraction of sp³-hybridized carbons (Fsp3) is 0.714. The van der Waals surface area contributed by atoms with Crippen LogP contribution in [0.5, 0.6) is 0 Å². The van der Waals surface area contributed by atoms with E-state index >= 15 is 0 Å². The van der Waals surface area contributed by atoms with Crippen molar-refractivity contribution < 1.29 is 0 Å². The number of hydrogen-bond donors (Lipinski definition) is 1. The largest absolute Gasteiger partial charge is 0.311 e. The Hall–Kier alpha value is -0.380. The predicted octanol–water partition coefficient (Wildman–Crippen LogP) is 2.88. The molecule has 2 nitrogen and oxygen atoms in total. The normalized spacial score (nSPS) is 21.9. The number of nitrogens with zero attached hydrogens (tertiary/aromatic N) is 1. The number of thiophene rings is 1. The molecule has 0 radical (unpaired) electrons. The van der Waals surface area contributed by atoms with Crippen molar-refractivity contribution in [1.29, 1.82) is 0 Å². The quantitative estimate of drug-likeness (QED) is 0.811. The highest BCUT2D eigenvalue weighted by molar-refractivity contribution is 7.10. The van der Waals surface area contributed by atoms with Crippen LogP contribution in [0.2, 0.25) is 0 Å². The van der Waals surface area contributed by atoms with E-state index in [-0.39, 0.29) is 0 Å². The zero-order valence-electron chi connectivity index (χ0n) is 11.0. The molecule has 0 bridgehead atoms. The maximum absolute atomic E-state index is 3.56. The van der Waals surface area contributed by atoms with Crippen molar-refractivity contribution in [2.75, 3.05) is 26.2 Å². The third-order valence-electron chi connectivity index (χ3n) is 3.60. The Kier molecular flexibility index (Phi) is 5.01. The Bertz CT molecular complexity index is 335. The zero-order chi connectivity index (χ0) is 12.1. The van der Waals surface area contributed by atoms with Crippen LogP contribution in [-0.2, 0) is 6.54 Å². The molecule has 2 heterocycles. The van der Waals surface area contributed by atoms with Gasteiger partial charge in [-0.1, -0.05) is 6.92 Å². The topological polar surface area (TPSA) is 15.3 Å². The van der Waals surface area contributed by atoms with E-state index in [0.717, 1.165) is 19.0 Å². The van der Waals surface area contributed by atoms with Crippen molar-refractivity contribution in [3.8, 4) is 0 Å². The zero-order valence-corrected chi connectivity index (χ0v) is 11.9. The third-order valence-corrected chi connectivity index (χ3v) is 4.62. The van der Waals surface area contributed by atoms with Gasteiger partial charge >= 0.3 is 0 Å². The Morgan fingerprint density at radius 3 is 3.12 bits per heavy atom. The number of aryl methyl sites for hydroxylation is 1. The highest BCUT2D eigenvalue weighted by Crippen LogP contribution is 2.15. The number of likely N-dealkylation sites (tertiary alicyclic amines) is 1. The monoisotopic (exact) mass is 252 g/mol. The summed E-state index contributed by atoms with van der Waals surface area (Å²) in [6.45, 7) is 10.5. The molecule has 1 aliphatic rings. The summed E-state index contributed by atoms with van der Waals surface area (Å²) in [5.41, 5.74) is 1.43. The van der Waals surface area contributed by atoms with Crippen LogP contribution in [0.25, 0.3) is 0 Å². The van der Waals surface area contributed by atoms with Gasteiger partial charge in [-0.2, -0.15) is 0 Å². The Balaban J connectivity index is 1.61. The summed E-state index contributed by atoms with van der Waals surface area (Å²) >= 11 is 1.86. The average molecular weight is 252 g/mol. The predicted molar refractivity (Wildman–Crippen MR) is 75.6 cm³/mol. The van der Waals surface area contributed by atoms with E-state index in [2.05, 4.69) is 35.5 Å². The average Bonchev–Trinajstić information content (AvgIpc) is 2.71. The summed E-state index contributed by atoms with van der Waals surface area (Å²) < 4.78 is 0. The van der Waals surface area contributed by atoms with Crippen molar-refractivity contribution in [3.63, 3.8) is 0 Å². The molecular weight excluding hydrogens is 228 g/mol. The summed E-state index contributed by atoms with van der Waals surface area (Å²) in [4.78, 5) is 4.08. The molecular formula is C14H24N2S. The number of piperidine rings is 1. The van der Waals surface area contributed by atoms with Crippen LogP contribution in [0, 0.1) is 12.8 Å². The summed E-state index contributed by atoms with van der Waals surface area (Å²) in [5.74, 6) is 0.892. The lowest BCUT2D eigenvalue weighted by Crippen LogP contribution is -2.38. The van der Waals surface area contributed by atoms with Crippen LogP contribution in [0.1, 0.15) is 30.2 Å². The molecule has 1 N–H and O–H groups in total. The molecule has 0 aromatic carbocycles. The van der Waals surface area contributed by atoms with Gasteiger partial charge in [-0.05, 0) is 49.2 Å². The molecule has 1 atom stereocenters. The Labute approximate surface area is 109 Å². The van der Waals surface area contributed by atoms with Crippen molar-refractivity contribution >= 4 is 11.3 Å². The Morgan fingerprint density at radius 2 is 2.41 bits per heavy atom. The van der Waals surface area contributed by atoms with Gasteiger partial charge in [-0.15, -0.1) is 11.3 Å². The molecule has 96 valence electrons. The molecule has 0 aliphatic carbocycles. The second-order valence-corrected chi connectivity index (χ2v) is 6.25. The smallest absolute Gasteiger partial charge is 0.0302 e. The van der Waals surface area contributed by atoms with E-state index in [1.54, 1.807) is 0 Å². The van der Waals surface area contributed by atoms with E-state index in [1.165, 1.54) is 42.9 Å². The van der Waals surface area contributed by atoms with Gasteiger partial charge in [0.2, 0.25) is 0 Å². The molecule has 1 saturated heterocycles. The molecule has 0 amide bonds. The summed E-state index contributed by atoms with van der Waals surface area (Å²) in [7, 11) is 0. The third kappa shape index (κ3) is 4.09. The molecule has 1 aromatic rings. The number of nitrogens with one attached hydrogen (secondary N) is 1. The second-order valence-electron chi connectivity index (χ2n) is 5.25. The highest BCUT2D eigenvalue weighted by Gasteiger charge is 2.15. The van der Waals surface area contributed by atoms with Crippen molar-refractivity contribution in [3.05, 3.63) is 21.9 Å². The van der Waals surface area contributed by atoms with E-state index in [1.807, 2.05) is 11.3 Å². The van der Waals surface area contributed by atoms with Gasteiger partial charge in [-0.3, -0.25) is 0 Å². The minimum atomic E-state index is 0.892. The van der Waals surface area contributed by atoms with Crippen molar-refractivity contribution in [2.24, 2.45) is 5.92 Å². The fourth-order valence-corrected chi connectivity index (χ4v) is 3.39. The molecule has 1 fully saturated rings. The lowest BCUT2D eigenvalue weighted by atomic mass is 10.0. The summed E-state index contributed by atoms with van der Waals surface area (Å²) in [5, 5.41) is 5.74. The second kappa shape index (κ2) is 6.53. The maximum atomic E-state index is 3.56. The molecule has 1 aromatic heterocycles. The van der Waals surface area contributed by atoms with E-state index in [9.17, 15) is 0 Å². The minimum absolute atomic E-state index is 0.892. The van der Waals surface area contributed by atoms with Gasteiger partial charge in [0, 0.05) is 31.1 Å². The lowest BCUT2D eigenvalue weighted by Gasteiger charge is -2.30. The van der Waals surface area contributed by atoms with E-state index < -0.39 is 0 Å². The number of rotatable bonds is 5. The Morgan fingerprint density at radius 1 is 1.53 bits per heavy atom.